The quantitative estimate of drug-likeness (QED) is 0.539. The zero-order chi connectivity index (χ0) is 16.4. The molecule has 7 heteroatoms. The second-order valence-electron chi connectivity index (χ2n) is 4.91. The van der Waals surface area contributed by atoms with E-state index < -0.39 is 0 Å². The Hall–Kier alpha value is -2.12. The van der Waals surface area contributed by atoms with Gasteiger partial charge in [-0.2, -0.15) is 0 Å². The summed E-state index contributed by atoms with van der Waals surface area (Å²) in [5.41, 5.74) is 1.31. The van der Waals surface area contributed by atoms with E-state index in [0.29, 0.717) is 15.4 Å². The van der Waals surface area contributed by atoms with Crippen LogP contribution in [0, 0.1) is 0 Å². The molecule has 0 N–H and O–H groups in total. The number of fused-ring (bicyclic) bond motifs is 1. The molecule has 0 fully saturated rings. The number of carbonyl (C=O) groups excluding carboxylic acids is 1. The maximum absolute atomic E-state index is 12.6. The lowest BCUT2D eigenvalue weighted by atomic mass is 10.3. The van der Waals surface area contributed by atoms with Gasteiger partial charge >= 0.3 is 0 Å². The van der Waals surface area contributed by atoms with Crippen LogP contribution in [0.1, 0.15) is 0 Å². The second kappa shape index (κ2) is 6.55. The van der Waals surface area contributed by atoms with E-state index in [1.54, 1.807) is 11.9 Å². The van der Waals surface area contributed by atoms with Crippen LogP contribution in [-0.2, 0) is 11.3 Å². The molecule has 0 saturated carbocycles. The van der Waals surface area contributed by atoms with Gasteiger partial charge in [-0.05, 0) is 29.8 Å². The van der Waals surface area contributed by atoms with Gasteiger partial charge < -0.3 is 4.90 Å². The number of para-hydroxylation sites is 1. The number of anilines is 1. The van der Waals surface area contributed by atoms with Gasteiger partial charge in [-0.3, -0.25) is 14.2 Å². The number of rotatable bonds is 4. The van der Waals surface area contributed by atoms with Crippen molar-refractivity contribution in [2.75, 3.05) is 18.2 Å². The smallest absolute Gasteiger partial charge is 0.272 e. The molecule has 0 bridgehead atoms. The molecule has 2 heterocycles. The molecule has 3 aromatic rings. The average molecular weight is 345 g/mol. The molecule has 118 valence electrons. The minimum atomic E-state index is -0.163. The zero-order valence-electron chi connectivity index (χ0n) is 12.7. The number of hydrogen-bond donors (Lipinski definition) is 0. The van der Waals surface area contributed by atoms with E-state index in [1.165, 1.54) is 27.7 Å². The molecule has 0 spiro atoms. The molecule has 0 radical (unpaired) electrons. The fourth-order valence-corrected chi connectivity index (χ4v) is 3.59. The predicted molar refractivity (Wildman–Crippen MR) is 95.5 cm³/mol. The molecule has 5 nitrogen and oxygen atoms in total. The third-order valence-corrected chi connectivity index (χ3v) is 5.09. The largest absolute Gasteiger partial charge is 0.314 e. The van der Waals surface area contributed by atoms with Crippen LogP contribution in [0.2, 0.25) is 0 Å². The molecule has 23 heavy (non-hydrogen) atoms. The van der Waals surface area contributed by atoms with Gasteiger partial charge in [0.1, 0.15) is 11.2 Å². The molecule has 0 aliphatic rings. The SMILES string of the molecule is CSc1nc2ccsc2c(=O)n1CC(=O)N(C)c1ccccc1. The van der Waals surface area contributed by atoms with Gasteiger partial charge in [0.15, 0.2) is 5.16 Å². The van der Waals surface area contributed by atoms with E-state index in [1.807, 2.05) is 48.0 Å². The number of carbonyl (C=O) groups is 1. The summed E-state index contributed by atoms with van der Waals surface area (Å²) >= 11 is 2.71. The highest BCUT2D eigenvalue weighted by Crippen LogP contribution is 2.19. The summed E-state index contributed by atoms with van der Waals surface area (Å²) in [6.45, 7) is -0.0265. The van der Waals surface area contributed by atoms with Crippen LogP contribution in [0.3, 0.4) is 0 Å². The fraction of sp³-hybridized carbons (Fsp3) is 0.188. The first-order valence-electron chi connectivity index (χ1n) is 6.95. The number of aromatic nitrogens is 2. The van der Waals surface area contributed by atoms with E-state index in [9.17, 15) is 9.59 Å². The highest BCUT2D eigenvalue weighted by molar-refractivity contribution is 7.98. The lowest BCUT2D eigenvalue weighted by Crippen LogP contribution is -2.34. The van der Waals surface area contributed by atoms with Crippen molar-refractivity contribution in [2.45, 2.75) is 11.7 Å². The van der Waals surface area contributed by atoms with Crippen molar-refractivity contribution in [3.63, 3.8) is 0 Å². The first kappa shape index (κ1) is 15.8. The van der Waals surface area contributed by atoms with Gasteiger partial charge in [0.05, 0.1) is 5.52 Å². The molecule has 0 unspecified atom stereocenters. The lowest BCUT2D eigenvalue weighted by Gasteiger charge is -2.18. The van der Waals surface area contributed by atoms with Crippen LogP contribution < -0.4 is 10.5 Å². The summed E-state index contributed by atoms with van der Waals surface area (Å²) in [6.07, 6.45) is 1.85. The third kappa shape index (κ3) is 3.02. The van der Waals surface area contributed by atoms with Crippen LogP contribution in [0.5, 0.6) is 0 Å². The molecule has 0 saturated heterocycles. The standard InChI is InChI=1S/C16H15N3O2S2/c1-18(11-6-4-3-5-7-11)13(20)10-19-15(21)14-12(8-9-23-14)17-16(19)22-2/h3-9H,10H2,1-2H3. The van der Waals surface area contributed by atoms with Gasteiger partial charge in [0.2, 0.25) is 5.91 Å². The number of benzene rings is 1. The Labute approximate surface area is 141 Å². The molecule has 0 aliphatic heterocycles. The number of likely N-dealkylation sites (N-methyl/N-ethyl adjacent to an activating group) is 1. The van der Waals surface area contributed by atoms with Crippen LogP contribution in [0.15, 0.2) is 51.7 Å². The van der Waals surface area contributed by atoms with Crippen molar-refractivity contribution >= 4 is 44.9 Å². The van der Waals surface area contributed by atoms with Crippen molar-refractivity contribution < 1.29 is 4.79 Å². The summed E-state index contributed by atoms with van der Waals surface area (Å²) in [5, 5.41) is 2.39. The van der Waals surface area contributed by atoms with E-state index >= 15 is 0 Å². The summed E-state index contributed by atoms with van der Waals surface area (Å²) < 4.78 is 2.03. The number of thioether (sulfide) groups is 1. The van der Waals surface area contributed by atoms with Gasteiger partial charge in [-0.1, -0.05) is 30.0 Å². The molecule has 1 amide bonds. The van der Waals surface area contributed by atoms with Gasteiger partial charge in [0, 0.05) is 12.7 Å². The molecule has 2 aromatic heterocycles. The summed E-state index contributed by atoms with van der Waals surface area (Å²) in [4.78, 5) is 31.2. The normalized spacial score (nSPS) is 10.9. The van der Waals surface area contributed by atoms with Crippen molar-refractivity contribution in [3.8, 4) is 0 Å². The van der Waals surface area contributed by atoms with Crippen molar-refractivity contribution in [1.29, 1.82) is 0 Å². The van der Waals surface area contributed by atoms with Crippen LogP contribution in [0.25, 0.3) is 10.2 Å². The van der Waals surface area contributed by atoms with E-state index in [4.69, 9.17) is 0 Å². The monoisotopic (exact) mass is 345 g/mol. The second-order valence-corrected chi connectivity index (χ2v) is 6.60. The van der Waals surface area contributed by atoms with Gasteiger partial charge in [0.25, 0.3) is 5.56 Å². The molecule has 1 aromatic carbocycles. The lowest BCUT2D eigenvalue weighted by molar-refractivity contribution is -0.119. The van der Waals surface area contributed by atoms with Crippen LogP contribution in [0.4, 0.5) is 5.69 Å². The third-order valence-electron chi connectivity index (χ3n) is 3.52. The Morgan fingerprint density at radius 1 is 1.30 bits per heavy atom. The number of amides is 1. The van der Waals surface area contributed by atoms with E-state index in [2.05, 4.69) is 4.98 Å². The molecule has 3 rings (SSSR count). The summed E-state index contributed by atoms with van der Waals surface area (Å²) in [5.74, 6) is -0.161. The number of thiophene rings is 1. The average Bonchev–Trinajstić information content (AvgIpc) is 3.05. The summed E-state index contributed by atoms with van der Waals surface area (Å²) in [7, 11) is 1.71. The number of nitrogens with zero attached hydrogens (tertiary/aromatic N) is 3. The summed E-state index contributed by atoms with van der Waals surface area (Å²) in [6, 6.07) is 11.2. The molecule has 0 atom stereocenters. The highest BCUT2D eigenvalue weighted by atomic mass is 32.2. The fourth-order valence-electron chi connectivity index (χ4n) is 2.26. The van der Waals surface area contributed by atoms with Gasteiger partial charge in [-0.15, -0.1) is 11.3 Å². The first-order chi connectivity index (χ1) is 11.1. The first-order valence-corrected chi connectivity index (χ1v) is 9.06. The topological polar surface area (TPSA) is 55.2 Å². The van der Waals surface area contributed by atoms with Crippen LogP contribution in [-0.4, -0.2) is 28.8 Å². The number of hydrogen-bond acceptors (Lipinski definition) is 5. The maximum Gasteiger partial charge on any atom is 0.272 e. The van der Waals surface area contributed by atoms with E-state index in [0.717, 1.165) is 5.69 Å². The Balaban J connectivity index is 1.96. The van der Waals surface area contributed by atoms with Crippen LogP contribution >= 0.6 is 23.1 Å². The van der Waals surface area contributed by atoms with E-state index in [-0.39, 0.29) is 18.0 Å². The zero-order valence-corrected chi connectivity index (χ0v) is 14.4. The Morgan fingerprint density at radius 2 is 2.04 bits per heavy atom. The molecule has 0 aliphatic carbocycles. The molecular weight excluding hydrogens is 330 g/mol. The molecular formula is C16H15N3O2S2. The van der Waals surface area contributed by atoms with Crippen molar-refractivity contribution in [2.24, 2.45) is 0 Å². The Bertz CT molecular complexity index is 903. The van der Waals surface area contributed by atoms with Crippen molar-refractivity contribution in [1.82, 2.24) is 9.55 Å². The Morgan fingerprint density at radius 3 is 2.74 bits per heavy atom. The van der Waals surface area contributed by atoms with Gasteiger partial charge in [-0.25, -0.2) is 4.98 Å². The van der Waals surface area contributed by atoms with Crippen molar-refractivity contribution in [3.05, 3.63) is 52.1 Å². The predicted octanol–water partition coefficient (Wildman–Crippen LogP) is 2.84. The highest BCUT2D eigenvalue weighted by Gasteiger charge is 2.17. The minimum absolute atomic E-state index is 0.0265. The maximum atomic E-state index is 12.6. The minimum Gasteiger partial charge on any atom is -0.314 e. The Kier molecular flexibility index (Phi) is 4.49.